The van der Waals surface area contributed by atoms with Crippen LogP contribution in [0.2, 0.25) is 0 Å². The molecule has 0 saturated carbocycles. The van der Waals surface area contributed by atoms with Gasteiger partial charge in [-0.05, 0) is 65.4 Å². The van der Waals surface area contributed by atoms with Gasteiger partial charge in [0.25, 0.3) is 0 Å². The van der Waals surface area contributed by atoms with Crippen LogP contribution in [0.5, 0.6) is 23.0 Å². The number of rotatable bonds is 7. The van der Waals surface area contributed by atoms with Crippen LogP contribution in [0.1, 0.15) is 33.9 Å². The Morgan fingerprint density at radius 1 is 1.11 bits per heavy atom. The molecule has 2 unspecified atom stereocenters. The Labute approximate surface area is 203 Å². The second-order valence-electron chi connectivity index (χ2n) is 8.64. The Morgan fingerprint density at radius 2 is 1.89 bits per heavy atom. The van der Waals surface area contributed by atoms with Crippen molar-refractivity contribution in [2.75, 3.05) is 13.9 Å². The lowest BCUT2D eigenvalue weighted by atomic mass is 9.89. The fraction of sp³-hybridized carbons (Fsp3) is 0.250. The number of benzene rings is 3. The Kier molecular flexibility index (Phi) is 6.33. The van der Waals surface area contributed by atoms with Gasteiger partial charge in [0.15, 0.2) is 23.0 Å². The lowest BCUT2D eigenvalue weighted by Gasteiger charge is -2.30. The quantitative estimate of drug-likeness (QED) is 0.516. The third-order valence-corrected chi connectivity index (χ3v) is 6.33. The number of methoxy groups -OCH3 is 1. The first-order valence-electron chi connectivity index (χ1n) is 11.5. The van der Waals surface area contributed by atoms with E-state index in [1.807, 2.05) is 73.7 Å². The molecular formula is C28H27NO6. The first kappa shape index (κ1) is 22.8. The van der Waals surface area contributed by atoms with Crippen LogP contribution < -0.4 is 24.3 Å². The Hall–Kier alpha value is -3.97. The number of carbonyl (C=O) groups is 1. The molecular weight excluding hydrogens is 446 g/mol. The molecule has 0 spiro atoms. The molecule has 0 amide bonds. The molecule has 2 atom stereocenters. The van der Waals surface area contributed by atoms with E-state index >= 15 is 0 Å². The Bertz CT molecular complexity index is 1270. The molecule has 2 heterocycles. The predicted molar refractivity (Wildman–Crippen MR) is 131 cm³/mol. The van der Waals surface area contributed by atoms with Gasteiger partial charge in [0.1, 0.15) is 12.6 Å². The van der Waals surface area contributed by atoms with Crippen molar-refractivity contribution in [3.63, 3.8) is 0 Å². The van der Waals surface area contributed by atoms with Gasteiger partial charge in [-0.25, -0.2) is 0 Å². The number of fused-ring (bicyclic) bond motifs is 2. The highest BCUT2D eigenvalue weighted by atomic mass is 16.7. The number of carboxylic acids is 1. The summed E-state index contributed by atoms with van der Waals surface area (Å²) in [6, 6.07) is 16.6. The maximum Gasteiger partial charge on any atom is 0.321 e. The molecule has 7 nitrogen and oxygen atoms in total. The SMILES string of the molecule is COc1cc2c(cc1OCc1ccccc1)CC(C(=O)O)NC2/C=C/c1cc2c(cc1C)OCO2. The van der Waals surface area contributed by atoms with Crippen molar-refractivity contribution in [2.45, 2.75) is 32.0 Å². The van der Waals surface area contributed by atoms with Crippen LogP contribution in [0.15, 0.2) is 60.7 Å². The zero-order chi connectivity index (χ0) is 24.4. The van der Waals surface area contributed by atoms with Crippen LogP contribution in [-0.4, -0.2) is 31.0 Å². The van der Waals surface area contributed by atoms with Crippen LogP contribution in [0.3, 0.4) is 0 Å². The predicted octanol–water partition coefficient (Wildman–Crippen LogP) is 4.66. The van der Waals surface area contributed by atoms with Gasteiger partial charge < -0.3 is 24.1 Å². The van der Waals surface area contributed by atoms with E-state index in [1.54, 1.807) is 7.11 Å². The molecule has 7 heteroatoms. The Balaban J connectivity index is 1.46. The molecule has 5 rings (SSSR count). The second kappa shape index (κ2) is 9.72. The summed E-state index contributed by atoms with van der Waals surface area (Å²) in [6.45, 7) is 2.61. The molecule has 0 aliphatic carbocycles. The number of nitrogens with one attached hydrogen (secondary N) is 1. The molecule has 180 valence electrons. The fourth-order valence-electron chi connectivity index (χ4n) is 4.43. The summed E-state index contributed by atoms with van der Waals surface area (Å²) in [7, 11) is 1.61. The van der Waals surface area contributed by atoms with E-state index in [9.17, 15) is 9.90 Å². The van der Waals surface area contributed by atoms with Crippen molar-refractivity contribution in [1.82, 2.24) is 5.32 Å². The highest BCUT2D eigenvalue weighted by Gasteiger charge is 2.30. The van der Waals surface area contributed by atoms with Gasteiger partial charge in [0.05, 0.1) is 13.2 Å². The van der Waals surface area contributed by atoms with E-state index in [0.717, 1.165) is 33.6 Å². The summed E-state index contributed by atoms with van der Waals surface area (Å²) in [5.74, 6) is 1.75. The van der Waals surface area contributed by atoms with E-state index in [1.165, 1.54) is 0 Å². The highest BCUT2D eigenvalue weighted by Crippen LogP contribution is 2.39. The molecule has 0 fully saturated rings. The minimum absolute atomic E-state index is 0.217. The maximum absolute atomic E-state index is 11.9. The molecule has 2 aliphatic heterocycles. The molecule has 2 N–H and O–H groups in total. The van der Waals surface area contributed by atoms with Gasteiger partial charge in [0.2, 0.25) is 6.79 Å². The summed E-state index contributed by atoms with van der Waals surface area (Å²) in [6.07, 6.45) is 4.31. The fourth-order valence-corrected chi connectivity index (χ4v) is 4.43. The largest absolute Gasteiger partial charge is 0.493 e. The maximum atomic E-state index is 11.9. The minimum atomic E-state index is -0.893. The zero-order valence-electron chi connectivity index (χ0n) is 19.6. The number of ether oxygens (including phenoxy) is 4. The zero-order valence-corrected chi connectivity index (χ0v) is 19.6. The third-order valence-electron chi connectivity index (χ3n) is 6.33. The minimum Gasteiger partial charge on any atom is -0.493 e. The van der Waals surface area contributed by atoms with Crippen LogP contribution >= 0.6 is 0 Å². The van der Waals surface area contributed by atoms with Crippen molar-refractivity contribution in [2.24, 2.45) is 0 Å². The molecule has 2 aliphatic rings. The van der Waals surface area contributed by atoms with Gasteiger partial charge in [-0.3, -0.25) is 10.1 Å². The highest BCUT2D eigenvalue weighted by molar-refractivity contribution is 5.75. The molecule has 3 aromatic carbocycles. The van der Waals surface area contributed by atoms with Crippen molar-refractivity contribution in [3.05, 3.63) is 88.5 Å². The van der Waals surface area contributed by atoms with Crippen LogP contribution in [0.4, 0.5) is 0 Å². The molecule has 35 heavy (non-hydrogen) atoms. The van der Waals surface area contributed by atoms with Crippen molar-refractivity contribution < 1.29 is 28.8 Å². The summed E-state index contributed by atoms with van der Waals surface area (Å²) in [5.41, 5.74) is 4.93. The van der Waals surface area contributed by atoms with Gasteiger partial charge in [0, 0.05) is 0 Å². The van der Waals surface area contributed by atoms with Gasteiger partial charge in [-0.15, -0.1) is 0 Å². The van der Waals surface area contributed by atoms with E-state index in [0.29, 0.717) is 30.3 Å². The second-order valence-corrected chi connectivity index (χ2v) is 8.64. The van der Waals surface area contributed by atoms with Crippen LogP contribution in [0, 0.1) is 6.92 Å². The summed E-state index contributed by atoms with van der Waals surface area (Å²) in [4.78, 5) is 11.9. The number of aliphatic carboxylic acids is 1. The van der Waals surface area contributed by atoms with E-state index in [-0.39, 0.29) is 12.8 Å². The third kappa shape index (κ3) is 4.81. The number of carboxylic acid groups (broad SMARTS) is 1. The lowest BCUT2D eigenvalue weighted by molar-refractivity contribution is -0.139. The average Bonchev–Trinajstić information content (AvgIpc) is 3.32. The number of hydrogen-bond acceptors (Lipinski definition) is 6. The van der Waals surface area contributed by atoms with Gasteiger partial charge >= 0.3 is 5.97 Å². The Morgan fingerprint density at radius 3 is 2.63 bits per heavy atom. The topological polar surface area (TPSA) is 86.3 Å². The first-order valence-corrected chi connectivity index (χ1v) is 11.5. The van der Waals surface area contributed by atoms with Crippen LogP contribution in [-0.2, 0) is 17.8 Å². The van der Waals surface area contributed by atoms with Crippen LogP contribution in [0.25, 0.3) is 6.08 Å². The van der Waals surface area contributed by atoms with Crippen molar-refractivity contribution in [1.29, 1.82) is 0 Å². The normalized spacial score (nSPS) is 18.3. The number of aryl methyl sites for hydroxylation is 1. The van der Waals surface area contributed by atoms with Crippen molar-refractivity contribution in [3.8, 4) is 23.0 Å². The average molecular weight is 474 g/mol. The van der Waals surface area contributed by atoms with E-state index in [4.69, 9.17) is 18.9 Å². The molecule has 0 aromatic heterocycles. The standard InChI is InChI=1S/C28H27NO6/c1-17-10-25-27(35-16-34-25)12-19(17)8-9-22-21-14-24(32-2)26(33-15-18-6-4-3-5-7-18)13-20(21)11-23(29-22)28(30)31/h3-10,12-14,22-23,29H,11,15-16H2,1-2H3,(H,30,31)/b9-8+. The smallest absolute Gasteiger partial charge is 0.321 e. The van der Waals surface area contributed by atoms with E-state index in [2.05, 4.69) is 5.32 Å². The van der Waals surface area contributed by atoms with Gasteiger partial charge in [-0.2, -0.15) is 0 Å². The molecule has 0 bridgehead atoms. The lowest BCUT2D eigenvalue weighted by Crippen LogP contribution is -2.44. The van der Waals surface area contributed by atoms with Crippen molar-refractivity contribution >= 4 is 12.0 Å². The number of hydrogen-bond donors (Lipinski definition) is 2. The first-order chi connectivity index (χ1) is 17.0. The molecule has 0 radical (unpaired) electrons. The molecule has 3 aromatic rings. The summed E-state index contributed by atoms with van der Waals surface area (Å²) in [5, 5.41) is 13.0. The summed E-state index contributed by atoms with van der Waals surface area (Å²) >= 11 is 0. The van der Waals surface area contributed by atoms with Gasteiger partial charge in [-0.1, -0.05) is 42.5 Å². The van der Waals surface area contributed by atoms with E-state index < -0.39 is 12.0 Å². The molecule has 0 saturated heterocycles. The monoisotopic (exact) mass is 473 g/mol. The summed E-state index contributed by atoms with van der Waals surface area (Å²) < 4.78 is 22.7.